The summed E-state index contributed by atoms with van der Waals surface area (Å²) in [5.74, 6) is 0. The van der Waals surface area contributed by atoms with E-state index in [1.54, 1.807) is 6.20 Å². The van der Waals surface area contributed by atoms with E-state index < -0.39 is 0 Å². The van der Waals surface area contributed by atoms with Crippen molar-refractivity contribution >= 4 is 27.5 Å². The Bertz CT molecular complexity index is 361. The van der Waals surface area contributed by atoms with Gasteiger partial charge in [-0.05, 0) is 47.3 Å². The van der Waals surface area contributed by atoms with Crippen LogP contribution in [0.3, 0.4) is 0 Å². The molecule has 0 aliphatic heterocycles. The van der Waals surface area contributed by atoms with E-state index in [0.717, 1.165) is 17.3 Å². The van der Waals surface area contributed by atoms with Gasteiger partial charge in [0, 0.05) is 22.1 Å². The molecule has 0 saturated heterocycles. The Hall–Kier alpha value is -0.120. The smallest absolute Gasteiger partial charge is 0.129 e. The third kappa shape index (κ3) is 1.58. The largest absolute Gasteiger partial charge is 0.327 e. The molecule has 1 aromatic heterocycles. The van der Waals surface area contributed by atoms with E-state index in [4.69, 9.17) is 17.3 Å². The van der Waals surface area contributed by atoms with Gasteiger partial charge in [-0.25, -0.2) is 4.98 Å². The summed E-state index contributed by atoms with van der Waals surface area (Å²) < 4.78 is 1.01. The summed E-state index contributed by atoms with van der Waals surface area (Å²) in [6, 6.07) is 2.08. The molecule has 1 unspecified atom stereocenters. The SMILES string of the molecule is CC(N)C1(c2cc(Cl)ncc2Br)CC1. The fraction of sp³-hybridized carbons (Fsp3) is 0.500. The van der Waals surface area contributed by atoms with E-state index in [0.29, 0.717) is 5.15 Å². The molecule has 1 saturated carbocycles. The van der Waals surface area contributed by atoms with Gasteiger partial charge in [0.15, 0.2) is 0 Å². The summed E-state index contributed by atoms with van der Waals surface area (Å²) in [5.41, 5.74) is 7.33. The number of nitrogens with two attached hydrogens (primary N) is 1. The predicted molar refractivity (Wildman–Crippen MR) is 61.5 cm³/mol. The van der Waals surface area contributed by atoms with Crippen molar-refractivity contribution < 1.29 is 0 Å². The van der Waals surface area contributed by atoms with Crippen molar-refractivity contribution in [3.63, 3.8) is 0 Å². The van der Waals surface area contributed by atoms with Gasteiger partial charge in [-0.3, -0.25) is 0 Å². The highest BCUT2D eigenvalue weighted by atomic mass is 79.9. The van der Waals surface area contributed by atoms with Crippen LogP contribution in [0.15, 0.2) is 16.7 Å². The van der Waals surface area contributed by atoms with E-state index in [2.05, 4.69) is 20.9 Å². The third-order valence-corrected chi connectivity index (χ3v) is 3.86. The van der Waals surface area contributed by atoms with Gasteiger partial charge in [0.05, 0.1) is 0 Å². The molecule has 0 amide bonds. The zero-order valence-electron chi connectivity index (χ0n) is 7.93. The minimum atomic E-state index is 0.130. The molecule has 0 bridgehead atoms. The number of rotatable bonds is 2. The average molecular weight is 276 g/mol. The molecule has 2 N–H and O–H groups in total. The van der Waals surface area contributed by atoms with Gasteiger partial charge in [0.2, 0.25) is 0 Å². The lowest BCUT2D eigenvalue weighted by Gasteiger charge is -2.21. The van der Waals surface area contributed by atoms with Crippen LogP contribution in [0.5, 0.6) is 0 Å². The highest BCUT2D eigenvalue weighted by molar-refractivity contribution is 9.10. The number of hydrogen-bond acceptors (Lipinski definition) is 2. The van der Waals surface area contributed by atoms with Gasteiger partial charge in [0.1, 0.15) is 5.15 Å². The molecular formula is C10H12BrClN2. The fourth-order valence-corrected chi connectivity index (χ4v) is 2.67. The molecule has 1 aliphatic carbocycles. The zero-order chi connectivity index (χ0) is 10.3. The number of pyridine rings is 1. The normalized spacial score (nSPS) is 20.6. The number of aromatic nitrogens is 1. The maximum atomic E-state index is 6.00. The van der Waals surface area contributed by atoms with Crippen molar-refractivity contribution in [1.82, 2.24) is 4.98 Å². The fourth-order valence-electron chi connectivity index (χ4n) is 1.90. The van der Waals surface area contributed by atoms with Crippen molar-refractivity contribution in [3.05, 3.63) is 27.5 Å². The number of halogens is 2. The van der Waals surface area contributed by atoms with Crippen LogP contribution in [0.2, 0.25) is 5.15 Å². The molecule has 0 aromatic carbocycles. The summed E-state index contributed by atoms with van der Waals surface area (Å²) in [5, 5.41) is 0.537. The van der Waals surface area contributed by atoms with Crippen LogP contribution >= 0.6 is 27.5 Å². The van der Waals surface area contributed by atoms with E-state index in [1.165, 1.54) is 5.56 Å². The first-order chi connectivity index (χ1) is 6.56. The van der Waals surface area contributed by atoms with E-state index >= 15 is 0 Å². The maximum absolute atomic E-state index is 6.00. The van der Waals surface area contributed by atoms with Crippen LogP contribution in [0.1, 0.15) is 25.3 Å². The summed E-state index contributed by atoms with van der Waals surface area (Å²) in [4.78, 5) is 4.02. The van der Waals surface area contributed by atoms with Gasteiger partial charge in [0.25, 0.3) is 0 Å². The van der Waals surface area contributed by atoms with Crippen molar-refractivity contribution in [1.29, 1.82) is 0 Å². The van der Waals surface area contributed by atoms with Crippen molar-refractivity contribution in [2.75, 3.05) is 0 Å². The van der Waals surface area contributed by atoms with Crippen LogP contribution in [-0.4, -0.2) is 11.0 Å². The molecule has 1 heterocycles. The van der Waals surface area contributed by atoms with Gasteiger partial charge >= 0.3 is 0 Å². The highest BCUT2D eigenvalue weighted by Crippen LogP contribution is 2.52. The van der Waals surface area contributed by atoms with Crippen LogP contribution in [0, 0.1) is 0 Å². The molecule has 2 rings (SSSR count). The second-order valence-corrected chi connectivity index (χ2v) is 5.17. The monoisotopic (exact) mass is 274 g/mol. The lowest BCUT2D eigenvalue weighted by atomic mass is 9.90. The van der Waals surface area contributed by atoms with Crippen molar-refractivity contribution in [3.8, 4) is 0 Å². The van der Waals surface area contributed by atoms with Crippen LogP contribution in [0.4, 0.5) is 0 Å². The Morgan fingerprint density at radius 2 is 2.29 bits per heavy atom. The Morgan fingerprint density at radius 1 is 1.64 bits per heavy atom. The first-order valence-electron chi connectivity index (χ1n) is 4.63. The first-order valence-corrected chi connectivity index (χ1v) is 5.80. The van der Waals surface area contributed by atoms with Gasteiger partial charge in [-0.2, -0.15) is 0 Å². The number of hydrogen-bond donors (Lipinski definition) is 1. The standard InChI is InChI=1S/C10H12BrClN2/c1-6(13)10(2-3-10)7-4-9(12)14-5-8(7)11/h4-6H,2-3,13H2,1H3. The Labute approximate surface area is 97.0 Å². The summed E-state index contributed by atoms with van der Waals surface area (Å²) in [6.07, 6.45) is 4.04. The van der Waals surface area contributed by atoms with E-state index in [1.807, 2.05) is 13.0 Å². The number of nitrogens with zero attached hydrogens (tertiary/aromatic N) is 1. The van der Waals surface area contributed by atoms with Crippen molar-refractivity contribution in [2.45, 2.75) is 31.2 Å². The van der Waals surface area contributed by atoms with Gasteiger partial charge < -0.3 is 5.73 Å². The first kappa shape index (κ1) is 10.4. The quantitative estimate of drug-likeness (QED) is 0.843. The molecular weight excluding hydrogens is 263 g/mol. The van der Waals surface area contributed by atoms with E-state index in [9.17, 15) is 0 Å². The highest BCUT2D eigenvalue weighted by Gasteiger charge is 2.48. The molecule has 14 heavy (non-hydrogen) atoms. The van der Waals surface area contributed by atoms with Gasteiger partial charge in [-0.15, -0.1) is 0 Å². The molecule has 0 radical (unpaired) electrons. The topological polar surface area (TPSA) is 38.9 Å². The molecule has 4 heteroatoms. The minimum Gasteiger partial charge on any atom is -0.327 e. The molecule has 2 nitrogen and oxygen atoms in total. The molecule has 1 aliphatic rings. The third-order valence-electron chi connectivity index (χ3n) is 3.02. The summed E-state index contributed by atoms with van der Waals surface area (Å²) in [6.45, 7) is 2.05. The molecule has 1 fully saturated rings. The molecule has 76 valence electrons. The average Bonchev–Trinajstić information content (AvgIpc) is 2.90. The lowest BCUT2D eigenvalue weighted by Crippen LogP contribution is -2.31. The maximum Gasteiger partial charge on any atom is 0.129 e. The molecule has 0 spiro atoms. The van der Waals surface area contributed by atoms with Crippen LogP contribution in [0.25, 0.3) is 0 Å². The Balaban J connectivity index is 2.46. The van der Waals surface area contributed by atoms with Gasteiger partial charge in [-0.1, -0.05) is 11.6 Å². The predicted octanol–water partition coefficient (Wildman–Crippen LogP) is 2.88. The lowest BCUT2D eigenvalue weighted by molar-refractivity contribution is 0.554. The van der Waals surface area contributed by atoms with Crippen molar-refractivity contribution in [2.24, 2.45) is 5.73 Å². The minimum absolute atomic E-state index is 0.130. The van der Waals surface area contributed by atoms with E-state index in [-0.39, 0.29) is 11.5 Å². The summed E-state index contributed by atoms with van der Waals surface area (Å²) in [7, 11) is 0. The molecule has 1 aromatic rings. The van der Waals surface area contributed by atoms with Crippen LogP contribution in [-0.2, 0) is 5.41 Å². The Morgan fingerprint density at radius 3 is 2.79 bits per heavy atom. The molecule has 1 atom stereocenters. The van der Waals surface area contributed by atoms with Crippen LogP contribution < -0.4 is 5.73 Å². The Kier molecular flexibility index (Phi) is 2.58. The zero-order valence-corrected chi connectivity index (χ0v) is 10.3. The second-order valence-electron chi connectivity index (χ2n) is 3.93. The second kappa shape index (κ2) is 3.47. The summed E-state index contributed by atoms with van der Waals surface area (Å²) >= 11 is 9.38.